The van der Waals surface area contributed by atoms with E-state index in [2.05, 4.69) is 16.7 Å². The molecule has 1 saturated carbocycles. The molecule has 0 aliphatic heterocycles. The molecule has 0 spiro atoms. The third-order valence-corrected chi connectivity index (χ3v) is 5.83. The normalized spacial score (nSPS) is 14.2. The Balaban J connectivity index is 1.65. The number of para-hydroxylation sites is 1. The fraction of sp³-hybridized carbons (Fsp3) is 0.300. The minimum atomic E-state index is -0.566. The lowest BCUT2D eigenvalue weighted by Crippen LogP contribution is -2.28. The summed E-state index contributed by atoms with van der Waals surface area (Å²) in [5.74, 6) is -0.140. The number of thioether (sulfide) groups is 1. The monoisotopic (exact) mass is 369 g/mol. The molecule has 0 saturated heterocycles. The molecule has 136 valence electrons. The molecular weight excluding hydrogens is 346 g/mol. The molecule has 0 atom stereocenters. The molecule has 1 aliphatic carbocycles. The Morgan fingerprint density at radius 3 is 2.42 bits per heavy atom. The smallest absolute Gasteiger partial charge is 0.312 e. The molecule has 1 aliphatic rings. The van der Waals surface area contributed by atoms with Crippen molar-refractivity contribution in [3.05, 3.63) is 59.7 Å². The summed E-state index contributed by atoms with van der Waals surface area (Å²) in [5, 5.41) is 6.19. The largest absolute Gasteiger partial charge is 0.352 e. The van der Waals surface area contributed by atoms with Crippen molar-refractivity contribution in [2.75, 3.05) is 5.32 Å². The molecule has 0 aromatic heterocycles. The van der Waals surface area contributed by atoms with Crippen LogP contribution in [0.25, 0.3) is 0 Å². The first-order valence-corrected chi connectivity index (χ1v) is 9.69. The first-order valence-electron chi connectivity index (χ1n) is 8.81. The van der Waals surface area contributed by atoms with E-state index < -0.39 is 6.03 Å². The van der Waals surface area contributed by atoms with E-state index in [1.807, 2.05) is 42.1 Å². The number of benzene rings is 2. The fourth-order valence-corrected chi connectivity index (χ4v) is 4.35. The number of primary amides is 1. The molecule has 2 aromatic rings. The zero-order valence-electron chi connectivity index (χ0n) is 14.5. The van der Waals surface area contributed by atoms with E-state index in [1.165, 1.54) is 25.7 Å². The fourth-order valence-electron chi connectivity index (χ4n) is 3.02. The van der Waals surface area contributed by atoms with Crippen LogP contribution >= 0.6 is 11.8 Å². The Bertz CT molecular complexity index is 771. The van der Waals surface area contributed by atoms with E-state index in [0.29, 0.717) is 17.4 Å². The number of anilines is 1. The minimum Gasteiger partial charge on any atom is -0.352 e. The van der Waals surface area contributed by atoms with E-state index in [9.17, 15) is 9.59 Å². The zero-order valence-corrected chi connectivity index (χ0v) is 15.4. The molecule has 0 unspecified atom stereocenters. The highest BCUT2D eigenvalue weighted by molar-refractivity contribution is 8.00. The summed E-state index contributed by atoms with van der Waals surface area (Å²) >= 11 is 1.86. The Kier molecular flexibility index (Phi) is 6.17. The van der Waals surface area contributed by atoms with Crippen LogP contribution in [0.1, 0.15) is 41.6 Å². The first kappa shape index (κ1) is 18.3. The number of hydrogen-bond donors (Lipinski definition) is 3. The number of hydrogen-bond acceptors (Lipinski definition) is 3. The van der Waals surface area contributed by atoms with Crippen molar-refractivity contribution < 1.29 is 9.59 Å². The van der Waals surface area contributed by atoms with Crippen LogP contribution in [0.15, 0.2) is 53.4 Å². The van der Waals surface area contributed by atoms with Gasteiger partial charge in [0.05, 0.1) is 5.69 Å². The van der Waals surface area contributed by atoms with Gasteiger partial charge in [-0.2, -0.15) is 0 Å². The van der Waals surface area contributed by atoms with Crippen LogP contribution in [0.5, 0.6) is 0 Å². The molecule has 5 nitrogen and oxygen atoms in total. The number of carbonyl (C=O) groups excluding carboxylic acids is 2. The van der Waals surface area contributed by atoms with E-state index in [-0.39, 0.29) is 5.91 Å². The van der Waals surface area contributed by atoms with Gasteiger partial charge < -0.3 is 16.4 Å². The molecule has 0 heterocycles. The second-order valence-electron chi connectivity index (χ2n) is 6.39. The third kappa shape index (κ3) is 5.02. The molecule has 0 bridgehead atoms. The predicted molar refractivity (Wildman–Crippen MR) is 105 cm³/mol. The van der Waals surface area contributed by atoms with Crippen LogP contribution in [-0.4, -0.2) is 17.2 Å². The maximum atomic E-state index is 12.6. The van der Waals surface area contributed by atoms with Crippen molar-refractivity contribution in [3.63, 3.8) is 0 Å². The molecule has 2 aromatic carbocycles. The van der Waals surface area contributed by atoms with Crippen LogP contribution in [0.2, 0.25) is 0 Å². The van der Waals surface area contributed by atoms with Gasteiger partial charge in [-0.15, -0.1) is 11.8 Å². The highest BCUT2D eigenvalue weighted by Gasteiger charge is 2.18. The van der Waals surface area contributed by atoms with Crippen molar-refractivity contribution >= 4 is 29.4 Å². The summed E-state index contributed by atoms with van der Waals surface area (Å²) in [6.45, 7) is 0.345. The number of nitrogens with one attached hydrogen (secondary N) is 2. The van der Waals surface area contributed by atoms with Crippen molar-refractivity contribution in [2.45, 2.75) is 42.4 Å². The van der Waals surface area contributed by atoms with Crippen molar-refractivity contribution in [1.29, 1.82) is 0 Å². The van der Waals surface area contributed by atoms with Gasteiger partial charge in [-0.05, 0) is 42.7 Å². The van der Waals surface area contributed by atoms with Crippen LogP contribution in [0.4, 0.5) is 10.5 Å². The van der Waals surface area contributed by atoms with Crippen LogP contribution < -0.4 is 16.4 Å². The highest BCUT2D eigenvalue weighted by Crippen LogP contribution is 2.38. The quantitative estimate of drug-likeness (QED) is 0.715. The Labute approximate surface area is 157 Å². The predicted octanol–water partition coefficient (Wildman–Crippen LogP) is 4.14. The Morgan fingerprint density at radius 1 is 1.04 bits per heavy atom. The summed E-state index contributed by atoms with van der Waals surface area (Å²) in [6.07, 6.45) is 5.08. The van der Waals surface area contributed by atoms with E-state index in [0.717, 1.165) is 16.1 Å². The van der Waals surface area contributed by atoms with Gasteiger partial charge in [-0.25, -0.2) is 4.79 Å². The zero-order chi connectivity index (χ0) is 18.4. The Hall–Kier alpha value is -2.47. The van der Waals surface area contributed by atoms with Crippen molar-refractivity contribution in [3.8, 4) is 0 Å². The standard InChI is InChI=1S/C20H23N3O2S/c21-20(25)22-13-14-9-11-15(12-10-14)19(24)23-17-7-3-4-8-18(17)26-16-5-1-2-6-16/h3-4,7-12,16H,1-2,5-6,13H2,(H,23,24)(H3,21,22,25). The molecule has 3 rings (SSSR count). The van der Waals surface area contributed by atoms with Gasteiger partial charge >= 0.3 is 6.03 Å². The first-order chi connectivity index (χ1) is 12.6. The van der Waals surface area contributed by atoms with Crippen molar-refractivity contribution in [1.82, 2.24) is 5.32 Å². The molecular formula is C20H23N3O2S. The highest BCUT2D eigenvalue weighted by atomic mass is 32.2. The topological polar surface area (TPSA) is 84.2 Å². The van der Waals surface area contributed by atoms with E-state index >= 15 is 0 Å². The van der Waals surface area contributed by atoms with Gasteiger partial charge in [0.1, 0.15) is 0 Å². The summed E-state index contributed by atoms with van der Waals surface area (Å²) in [4.78, 5) is 24.4. The van der Waals surface area contributed by atoms with E-state index in [4.69, 9.17) is 5.73 Å². The van der Waals surface area contributed by atoms with Crippen LogP contribution in [0, 0.1) is 0 Å². The maximum absolute atomic E-state index is 12.6. The minimum absolute atomic E-state index is 0.140. The van der Waals surface area contributed by atoms with Gasteiger partial charge in [0.15, 0.2) is 0 Å². The lowest BCUT2D eigenvalue weighted by molar-refractivity contribution is 0.102. The summed E-state index contributed by atoms with van der Waals surface area (Å²) in [6, 6.07) is 14.5. The lowest BCUT2D eigenvalue weighted by atomic mass is 10.1. The number of amides is 3. The van der Waals surface area contributed by atoms with Crippen molar-refractivity contribution in [2.24, 2.45) is 5.73 Å². The summed E-state index contributed by atoms with van der Waals surface area (Å²) < 4.78 is 0. The molecule has 1 fully saturated rings. The van der Waals surface area contributed by atoms with E-state index in [1.54, 1.807) is 12.1 Å². The molecule has 26 heavy (non-hydrogen) atoms. The number of urea groups is 1. The van der Waals surface area contributed by atoms with Gasteiger partial charge in [0.25, 0.3) is 5.91 Å². The molecule has 3 amide bonds. The summed E-state index contributed by atoms with van der Waals surface area (Å²) in [5.41, 5.74) is 7.38. The van der Waals surface area contributed by atoms with Gasteiger partial charge in [-0.1, -0.05) is 37.1 Å². The number of rotatable bonds is 6. The average molecular weight is 369 g/mol. The second-order valence-corrected chi connectivity index (χ2v) is 7.73. The average Bonchev–Trinajstić information content (AvgIpc) is 3.15. The van der Waals surface area contributed by atoms with Gasteiger partial charge in [0, 0.05) is 22.3 Å². The second kappa shape index (κ2) is 8.76. The number of carbonyl (C=O) groups is 2. The molecule has 6 heteroatoms. The van der Waals surface area contributed by atoms with Crippen LogP contribution in [0.3, 0.4) is 0 Å². The van der Waals surface area contributed by atoms with Crippen LogP contribution in [-0.2, 0) is 6.54 Å². The molecule has 4 N–H and O–H groups in total. The molecule has 0 radical (unpaired) electrons. The number of nitrogens with two attached hydrogens (primary N) is 1. The maximum Gasteiger partial charge on any atom is 0.312 e. The summed E-state index contributed by atoms with van der Waals surface area (Å²) in [7, 11) is 0. The Morgan fingerprint density at radius 2 is 1.73 bits per heavy atom. The SMILES string of the molecule is NC(=O)NCc1ccc(C(=O)Nc2ccccc2SC2CCCC2)cc1. The third-order valence-electron chi connectivity index (χ3n) is 4.41. The van der Waals surface area contributed by atoms with Gasteiger partial charge in [0.2, 0.25) is 0 Å². The van der Waals surface area contributed by atoms with Gasteiger partial charge in [-0.3, -0.25) is 4.79 Å². The lowest BCUT2D eigenvalue weighted by Gasteiger charge is -2.14.